The Balaban J connectivity index is 2.80. The lowest BCUT2D eigenvalue weighted by molar-refractivity contribution is -0.138. The molecule has 1 atom stereocenters. The van der Waals surface area contributed by atoms with Crippen LogP contribution in [0.25, 0.3) is 0 Å². The van der Waals surface area contributed by atoms with Gasteiger partial charge in [0.1, 0.15) is 0 Å². The van der Waals surface area contributed by atoms with E-state index in [-0.39, 0.29) is 22.4 Å². The number of aliphatic hydroxyl groups is 1. The molecular formula is C8H10F3N3O2S. The number of hydrogen-bond donors (Lipinski definition) is 2. The van der Waals surface area contributed by atoms with Crippen molar-refractivity contribution in [1.82, 2.24) is 15.5 Å². The molecule has 0 aliphatic carbocycles. The first kappa shape index (κ1) is 13.8. The van der Waals surface area contributed by atoms with Crippen molar-refractivity contribution in [3.63, 3.8) is 0 Å². The standard InChI is InChI=1S/C8H10F3N3O2S/c1-3(2)12-5(16)4(15)6-13-14-7(17-6)8(9,10)11/h3-4,15H,1-2H3,(H,12,16). The topological polar surface area (TPSA) is 75.1 Å². The number of hydrogen-bond acceptors (Lipinski definition) is 5. The van der Waals surface area contributed by atoms with Crippen LogP contribution in [0.3, 0.4) is 0 Å². The number of carbonyl (C=O) groups is 1. The second-order valence-electron chi connectivity index (χ2n) is 3.51. The van der Waals surface area contributed by atoms with Gasteiger partial charge in [0.25, 0.3) is 5.91 Å². The molecule has 0 spiro atoms. The van der Waals surface area contributed by atoms with Gasteiger partial charge in [-0.2, -0.15) is 13.2 Å². The monoisotopic (exact) mass is 269 g/mol. The fourth-order valence-electron chi connectivity index (χ4n) is 0.935. The molecule has 0 radical (unpaired) electrons. The number of alkyl halides is 3. The average Bonchev–Trinajstić information content (AvgIpc) is 2.63. The Morgan fingerprint density at radius 1 is 1.41 bits per heavy atom. The molecule has 0 saturated heterocycles. The van der Waals surface area contributed by atoms with Crippen LogP contribution in [0.2, 0.25) is 0 Å². The lowest BCUT2D eigenvalue weighted by atomic mass is 10.3. The number of rotatable bonds is 3. The summed E-state index contributed by atoms with van der Waals surface area (Å²) in [5.41, 5.74) is 0. The lowest BCUT2D eigenvalue weighted by Crippen LogP contribution is -2.34. The molecule has 1 heterocycles. The van der Waals surface area contributed by atoms with Crippen LogP contribution >= 0.6 is 11.3 Å². The minimum Gasteiger partial charge on any atom is -0.376 e. The zero-order valence-electron chi connectivity index (χ0n) is 8.95. The number of nitrogens with one attached hydrogen (secondary N) is 1. The normalized spacial score (nSPS) is 13.8. The molecule has 1 unspecified atom stereocenters. The van der Waals surface area contributed by atoms with Crippen molar-refractivity contribution in [2.45, 2.75) is 32.2 Å². The van der Waals surface area contributed by atoms with Crippen molar-refractivity contribution in [2.24, 2.45) is 0 Å². The molecule has 0 bridgehead atoms. The first-order valence-electron chi connectivity index (χ1n) is 4.61. The third kappa shape index (κ3) is 3.63. The van der Waals surface area contributed by atoms with Gasteiger partial charge >= 0.3 is 6.18 Å². The van der Waals surface area contributed by atoms with Gasteiger partial charge in [-0.1, -0.05) is 11.3 Å². The maximum atomic E-state index is 12.2. The molecule has 0 aliphatic rings. The highest BCUT2D eigenvalue weighted by atomic mass is 32.1. The largest absolute Gasteiger partial charge is 0.445 e. The van der Waals surface area contributed by atoms with Crippen LogP contribution in [0.15, 0.2) is 0 Å². The Morgan fingerprint density at radius 3 is 2.41 bits per heavy atom. The third-order valence-corrected chi connectivity index (χ3v) is 2.62. The zero-order chi connectivity index (χ0) is 13.2. The predicted octanol–water partition coefficient (Wildman–Crippen LogP) is 1.11. The van der Waals surface area contributed by atoms with Gasteiger partial charge in [0.2, 0.25) is 5.01 Å². The molecule has 0 aliphatic heterocycles. The maximum absolute atomic E-state index is 12.2. The summed E-state index contributed by atoms with van der Waals surface area (Å²) in [6.45, 7) is 3.32. The first-order chi connectivity index (χ1) is 7.71. The number of aliphatic hydroxyl groups excluding tert-OH is 1. The Labute approximate surface area is 98.7 Å². The van der Waals surface area contributed by atoms with E-state index in [0.29, 0.717) is 0 Å². The van der Waals surface area contributed by atoms with Crippen LogP contribution < -0.4 is 5.32 Å². The van der Waals surface area contributed by atoms with E-state index in [2.05, 4.69) is 15.5 Å². The Hall–Kier alpha value is -1.22. The highest BCUT2D eigenvalue weighted by molar-refractivity contribution is 7.11. The van der Waals surface area contributed by atoms with Crippen molar-refractivity contribution in [2.75, 3.05) is 0 Å². The highest BCUT2D eigenvalue weighted by Gasteiger charge is 2.37. The van der Waals surface area contributed by atoms with Gasteiger partial charge in [-0.05, 0) is 13.8 Å². The molecule has 1 aromatic rings. The van der Waals surface area contributed by atoms with E-state index in [1.807, 2.05) is 0 Å². The molecule has 96 valence electrons. The number of amides is 1. The summed E-state index contributed by atoms with van der Waals surface area (Å²) in [4.78, 5) is 11.3. The van der Waals surface area contributed by atoms with Crippen molar-refractivity contribution >= 4 is 17.2 Å². The predicted molar refractivity (Wildman–Crippen MR) is 53.1 cm³/mol. The number of aromatic nitrogens is 2. The molecule has 17 heavy (non-hydrogen) atoms. The Morgan fingerprint density at radius 2 is 2.00 bits per heavy atom. The summed E-state index contributed by atoms with van der Waals surface area (Å²) in [5.74, 6) is -0.801. The molecular weight excluding hydrogens is 259 g/mol. The quantitative estimate of drug-likeness (QED) is 0.862. The van der Waals surface area contributed by atoms with Gasteiger partial charge in [-0.3, -0.25) is 4.79 Å². The second kappa shape index (κ2) is 4.96. The number of halogens is 3. The van der Waals surface area contributed by atoms with Crippen LogP contribution in [0, 0.1) is 0 Å². The summed E-state index contributed by atoms with van der Waals surface area (Å²) < 4.78 is 36.6. The summed E-state index contributed by atoms with van der Waals surface area (Å²) in [6.07, 6.45) is -6.35. The first-order valence-corrected chi connectivity index (χ1v) is 5.42. The van der Waals surface area contributed by atoms with E-state index in [9.17, 15) is 23.1 Å². The van der Waals surface area contributed by atoms with Gasteiger partial charge < -0.3 is 10.4 Å². The van der Waals surface area contributed by atoms with Crippen molar-refractivity contribution in [3.8, 4) is 0 Å². The summed E-state index contributed by atoms with van der Waals surface area (Å²) >= 11 is 0.145. The molecule has 1 amide bonds. The molecule has 1 rings (SSSR count). The van der Waals surface area contributed by atoms with Crippen LogP contribution in [-0.4, -0.2) is 27.3 Å². The summed E-state index contributed by atoms with van der Waals surface area (Å²) in [7, 11) is 0. The van der Waals surface area contributed by atoms with E-state index >= 15 is 0 Å². The Bertz CT molecular complexity index is 405. The van der Waals surface area contributed by atoms with Gasteiger partial charge in [0.15, 0.2) is 11.1 Å². The van der Waals surface area contributed by atoms with Gasteiger partial charge in [0.05, 0.1) is 0 Å². The van der Waals surface area contributed by atoms with Crippen LogP contribution in [0.1, 0.15) is 30.0 Å². The summed E-state index contributed by atoms with van der Waals surface area (Å²) in [6, 6.07) is -0.229. The van der Waals surface area contributed by atoms with Gasteiger partial charge in [0, 0.05) is 6.04 Å². The minimum absolute atomic E-state index is 0.145. The molecule has 0 aromatic carbocycles. The number of nitrogens with zero attached hydrogens (tertiary/aromatic N) is 2. The Kier molecular flexibility index (Phi) is 4.04. The molecule has 0 saturated carbocycles. The van der Waals surface area contributed by atoms with E-state index < -0.39 is 23.2 Å². The van der Waals surface area contributed by atoms with Gasteiger partial charge in [-0.15, -0.1) is 10.2 Å². The molecule has 9 heteroatoms. The summed E-state index contributed by atoms with van der Waals surface area (Å²) in [5, 5.41) is 16.3. The minimum atomic E-state index is -4.62. The lowest BCUT2D eigenvalue weighted by Gasteiger charge is -2.10. The molecule has 5 nitrogen and oxygen atoms in total. The van der Waals surface area contributed by atoms with E-state index in [4.69, 9.17) is 0 Å². The fourth-order valence-corrected chi connectivity index (χ4v) is 1.63. The molecule has 0 fully saturated rings. The van der Waals surface area contributed by atoms with Crippen LogP contribution in [-0.2, 0) is 11.0 Å². The smallest absolute Gasteiger partial charge is 0.376 e. The third-order valence-electron chi connectivity index (χ3n) is 1.60. The van der Waals surface area contributed by atoms with Crippen molar-refractivity contribution < 1.29 is 23.1 Å². The van der Waals surface area contributed by atoms with E-state index in [0.717, 1.165) is 0 Å². The van der Waals surface area contributed by atoms with Crippen LogP contribution in [0.4, 0.5) is 13.2 Å². The average molecular weight is 269 g/mol. The SMILES string of the molecule is CC(C)NC(=O)C(O)c1nnc(C(F)(F)F)s1. The fraction of sp³-hybridized carbons (Fsp3) is 0.625. The molecule has 1 aromatic heterocycles. The second-order valence-corrected chi connectivity index (χ2v) is 4.52. The molecule has 2 N–H and O–H groups in total. The van der Waals surface area contributed by atoms with E-state index in [1.165, 1.54) is 0 Å². The maximum Gasteiger partial charge on any atom is 0.445 e. The van der Waals surface area contributed by atoms with Crippen molar-refractivity contribution in [1.29, 1.82) is 0 Å². The zero-order valence-corrected chi connectivity index (χ0v) is 9.76. The van der Waals surface area contributed by atoms with Gasteiger partial charge in [-0.25, -0.2) is 0 Å². The van der Waals surface area contributed by atoms with Crippen molar-refractivity contribution in [3.05, 3.63) is 10.0 Å². The number of carbonyl (C=O) groups excluding carboxylic acids is 1. The highest BCUT2D eigenvalue weighted by Crippen LogP contribution is 2.33. The van der Waals surface area contributed by atoms with E-state index in [1.54, 1.807) is 13.8 Å². The van der Waals surface area contributed by atoms with Crippen LogP contribution in [0.5, 0.6) is 0 Å².